The molecule has 0 amide bonds. The Morgan fingerprint density at radius 1 is 1.20 bits per heavy atom. The third-order valence-electron chi connectivity index (χ3n) is 6.08. The van der Waals surface area contributed by atoms with Crippen molar-refractivity contribution in [3.8, 4) is 0 Å². The Labute approximate surface area is 210 Å². The summed E-state index contributed by atoms with van der Waals surface area (Å²) < 4.78 is 42.9. The maximum absolute atomic E-state index is 16.7. The standard InChI is InChI=1S/C22H39FN6O4Si2/c1-12(2)34(13(3)4)31-10-15-17(33-35(30-9)14(5)6)22(7,23)20(32-15)29-11-26-16-18(25-8)27-21(24)28-19(16)29/h11-15,17,20H,10H2,1-9H3,(H3,24,25,27,28)/t15-,17-,20-,22-/m1/s1. The van der Waals surface area contributed by atoms with Crippen molar-refractivity contribution in [2.24, 2.45) is 0 Å². The van der Waals surface area contributed by atoms with E-state index in [0.29, 0.717) is 28.1 Å². The fourth-order valence-corrected chi connectivity index (χ4v) is 8.36. The molecule has 1 aliphatic rings. The maximum atomic E-state index is 16.7. The molecule has 0 saturated carbocycles. The van der Waals surface area contributed by atoms with Crippen LogP contribution in [0.1, 0.15) is 54.7 Å². The first kappa shape index (κ1) is 27.9. The van der Waals surface area contributed by atoms with Crippen LogP contribution in [0, 0.1) is 0 Å². The summed E-state index contributed by atoms with van der Waals surface area (Å²) in [7, 11) is 0.420. The van der Waals surface area contributed by atoms with Gasteiger partial charge in [-0.15, -0.1) is 0 Å². The molecule has 0 bridgehead atoms. The van der Waals surface area contributed by atoms with Crippen molar-refractivity contribution in [1.82, 2.24) is 19.5 Å². The Bertz CT molecular complexity index is 984. The van der Waals surface area contributed by atoms with E-state index in [1.54, 1.807) is 18.7 Å². The second-order valence-corrected chi connectivity index (χ2v) is 15.8. The summed E-state index contributed by atoms with van der Waals surface area (Å²) >= 11 is 0. The zero-order valence-electron chi connectivity index (χ0n) is 22.1. The summed E-state index contributed by atoms with van der Waals surface area (Å²) in [5.41, 5.74) is 5.77. The van der Waals surface area contributed by atoms with E-state index >= 15 is 4.39 Å². The minimum Gasteiger partial charge on any atom is -0.413 e. The summed E-state index contributed by atoms with van der Waals surface area (Å²) in [5.74, 6) is 0.518. The summed E-state index contributed by atoms with van der Waals surface area (Å²) in [5, 5.41) is 2.96. The van der Waals surface area contributed by atoms with Crippen molar-refractivity contribution in [2.45, 2.75) is 89.2 Å². The molecule has 1 aliphatic heterocycles. The lowest BCUT2D eigenvalue weighted by Gasteiger charge is -2.31. The van der Waals surface area contributed by atoms with Gasteiger partial charge in [0.05, 0.1) is 12.9 Å². The highest BCUT2D eigenvalue weighted by Crippen LogP contribution is 2.45. The molecule has 10 nitrogen and oxygen atoms in total. The fraction of sp³-hybridized carbons (Fsp3) is 0.773. The van der Waals surface area contributed by atoms with Crippen molar-refractivity contribution in [3.05, 3.63) is 6.33 Å². The van der Waals surface area contributed by atoms with Gasteiger partial charge in [-0.05, 0) is 23.5 Å². The maximum Gasteiger partial charge on any atom is 0.387 e. The molecule has 0 aliphatic carbocycles. The van der Waals surface area contributed by atoms with Crippen LogP contribution in [0.5, 0.6) is 0 Å². The monoisotopic (exact) mass is 526 g/mol. The molecular weight excluding hydrogens is 487 g/mol. The van der Waals surface area contributed by atoms with Crippen molar-refractivity contribution in [1.29, 1.82) is 0 Å². The Morgan fingerprint density at radius 3 is 2.40 bits per heavy atom. The lowest BCUT2D eigenvalue weighted by Crippen LogP contribution is -2.47. The van der Waals surface area contributed by atoms with Crippen molar-refractivity contribution in [3.63, 3.8) is 0 Å². The average molecular weight is 527 g/mol. The molecule has 2 aromatic rings. The van der Waals surface area contributed by atoms with Crippen LogP contribution >= 0.6 is 0 Å². The number of rotatable bonds is 11. The third kappa shape index (κ3) is 5.69. The van der Waals surface area contributed by atoms with Crippen LogP contribution in [0.3, 0.4) is 0 Å². The number of imidazole rings is 1. The number of aromatic nitrogens is 4. The number of ether oxygens (including phenoxy) is 1. The molecule has 0 aromatic carbocycles. The van der Waals surface area contributed by atoms with E-state index in [0.717, 1.165) is 0 Å². The molecule has 35 heavy (non-hydrogen) atoms. The van der Waals surface area contributed by atoms with Gasteiger partial charge in [-0.3, -0.25) is 4.57 Å². The van der Waals surface area contributed by atoms with E-state index in [1.807, 2.05) is 13.8 Å². The lowest BCUT2D eigenvalue weighted by molar-refractivity contribution is -0.0545. The molecule has 196 valence electrons. The van der Waals surface area contributed by atoms with Gasteiger partial charge in [-0.2, -0.15) is 9.97 Å². The Kier molecular flexibility index (Phi) is 8.92. The van der Waals surface area contributed by atoms with Gasteiger partial charge in [0.1, 0.15) is 12.2 Å². The molecule has 3 N–H and O–H groups in total. The molecule has 4 atom stereocenters. The summed E-state index contributed by atoms with van der Waals surface area (Å²) in [6.07, 6.45) is -1.08. The first-order chi connectivity index (χ1) is 16.4. The van der Waals surface area contributed by atoms with Crippen molar-refractivity contribution in [2.75, 3.05) is 31.8 Å². The second kappa shape index (κ2) is 11.2. The highest BCUT2D eigenvalue weighted by molar-refractivity contribution is 6.55. The van der Waals surface area contributed by atoms with Gasteiger partial charge in [0.25, 0.3) is 0 Å². The first-order valence-electron chi connectivity index (χ1n) is 12.0. The number of hydrogen-bond donors (Lipinski definition) is 2. The number of nitrogens with zero attached hydrogens (tertiary/aromatic N) is 4. The first-order valence-corrected chi connectivity index (χ1v) is 15.0. The van der Waals surface area contributed by atoms with Gasteiger partial charge in [-0.1, -0.05) is 41.5 Å². The fourth-order valence-electron chi connectivity index (χ4n) is 4.53. The van der Waals surface area contributed by atoms with E-state index in [2.05, 4.69) is 48.0 Å². The van der Waals surface area contributed by atoms with E-state index in [1.165, 1.54) is 13.3 Å². The SMILES string of the molecule is CNc1nc(N)nc2c1ncn2[C@@H]1O[C@H](CO[Si](C(C)C)C(C)C)[C@@H](O[Si](OC)C(C)C)[C@@]1(C)F. The smallest absolute Gasteiger partial charge is 0.387 e. The molecule has 3 rings (SSSR count). The van der Waals surface area contributed by atoms with Crippen molar-refractivity contribution < 1.29 is 22.4 Å². The predicted molar refractivity (Wildman–Crippen MR) is 137 cm³/mol. The molecule has 1 saturated heterocycles. The molecule has 2 aromatic heterocycles. The topological polar surface area (TPSA) is 119 Å². The minimum absolute atomic E-state index is 0.0561. The van der Waals surface area contributed by atoms with Gasteiger partial charge in [-0.25, -0.2) is 9.37 Å². The third-order valence-corrected chi connectivity index (χ3v) is 10.7. The quantitative estimate of drug-likeness (QED) is 0.421. The summed E-state index contributed by atoms with van der Waals surface area (Å²) in [4.78, 5) is 12.9. The molecule has 0 unspecified atom stereocenters. The van der Waals surface area contributed by atoms with Gasteiger partial charge in [0.2, 0.25) is 15.0 Å². The number of nitrogen functional groups attached to an aromatic ring is 1. The zero-order chi connectivity index (χ0) is 26.1. The Hall–Kier alpha value is -1.65. The van der Waals surface area contributed by atoms with Crippen LogP contribution in [0.25, 0.3) is 11.2 Å². The van der Waals surface area contributed by atoms with Crippen LogP contribution in [0.4, 0.5) is 16.2 Å². The molecular formula is C22H39FN6O4Si2. The number of anilines is 2. The van der Waals surface area contributed by atoms with E-state index in [4.69, 9.17) is 23.7 Å². The number of nitrogens with two attached hydrogens (primary N) is 1. The number of halogens is 1. The predicted octanol–water partition coefficient (Wildman–Crippen LogP) is 3.83. The lowest BCUT2D eigenvalue weighted by atomic mass is 9.98. The Balaban J connectivity index is 1.99. The summed E-state index contributed by atoms with van der Waals surface area (Å²) in [6, 6.07) is 0. The summed E-state index contributed by atoms with van der Waals surface area (Å²) in [6.45, 7) is 14.4. The highest BCUT2D eigenvalue weighted by Gasteiger charge is 2.58. The van der Waals surface area contributed by atoms with E-state index in [-0.39, 0.29) is 18.1 Å². The van der Waals surface area contributed by atoms with Crippen molar-refractivity contribution >= 4 is 41.3 Å². The van der Waals surface area contributed by atoms with Gasteiger partial charge < -0.3 is 29.1 Å². The highest BCUT2D eigenvalue weighted by atomic mass is 28.3. The number of alkyl halides is 1. The van der Waals surface area contributed by atoms with Gasteiger partial charge >= 0.3 is 9.28 Å². The molecule has 13 heteroatoms. The van der Waals surface area contributed by atoms with Gasteiger partial charge in [0.15, 0.2) is 28.9 Å². The molecule has 0 spiro atoms. The average Bonchev–Trinajstić information content (AvgIpc) is 3.28. The number of fused-ring (bicyclic) bond motifs is 1. The zero-order valence-corrected chi connectivity index (χ0v) is 24.1. The van der Waals surface area contributed by atoms with Crippen LogP contribution in [-0.2, 0) is 18.0 Å². The molecule has 2 radical (unpaired) electrons. The number of hydrogen-bond acceptors (Lipinski definition) is 9. The Morgan fingerprint density at radius 2 is 1.86 bits per heavy atom. The minimum atomic E-state index is -1.92. The van der Waals surface area contributed by atoms with Gasteiger partial charge in [0, 0.05) is 14.2 Å². The largest absolute Gasteiger partial charge is 0.413 e. The van der Waals surface area contributed by atoms with Crippen LogP contribution < -0.4 is 11.1 Å². The van der Waals surface area contributed by atoms with Crippen LogP contribution in [0.2, 0.25) is 16.6 Å². The number of nitrogens with one attached hydrogen (secondary N) is 1. The van der Waals surface area contributed by atoms with Crippen LogP contribution in [-0.4, -0.2) is 76.5 Å². The molecule has 3 heterocycles. The van der Waals surface area contributed by atoms with E-state index < -0.39 is 42.4 Å². The normalized spacial score (nSPS) is 25.3. The molecule has 1 fully saturated rings. The second-order valence-electron chi connectivity index (χ2n) is 9.92. The van der Waals surface area contributed by atoms with Crippen LogP contribution in [0.15, 0.2) is 6.33 Å². The van der Waals surface area contributed by atoms with E-state index in [9.17, 15) is 0 Å².